The van der Waals surface area contributed by atoms with Gasteiger partial charge < -0.3 is 9.42 Å². The Labute approximate surface area is 165 Å². The second-order valence-corrected chi connectivity index (χ2v) is 8.71. The minimum absolute atomic E-state index is 0.282. The molecular weight excluding hydrogens is 352 g/mol. The van der Waals surface area contributed by atoms with Crippen LogP contribution in [0.2, 0.25) is 0 Å². The summed E-state index contributed by atoms with van der Waals surface area (Å²) >= 11 is 0. The number of carbonyl (C=O) groups excluding carboxylic acids is 1. The molecule has 0 N–H and O–H groups in total. The molecule has 2 aromatic rings. The fourth-order valence-electron chi connectivity index (χ4n) is 5.68. The summed E-state index contributed by atoms with van der Waals surface area (Å²) in [7, 11) is 1.92. The number of carbonyl (C=O) groups is 1. The van der Waals surface area contributed by atoms with Gasteiger partial charge in [-0.15, -0.1) is 0 Å². The Hall–Kier alpha value is -2.21. The van der Waals surface area contributed by atoms with E-state index in [-0.39, 0.29) is 11.3 Å². The molecule has 1 aromatic carbocycles. The van der Waals surface area contributed by atoms with E-state index in [1.54, 1.807) is 0 Å². The Kier molecular flexibility index (Phi) is 4.27. The van der Waals surface area contributed by atoms with Gasteiger partial charge in [0.1, 0.15) is 0 Å². The number of fused-ring (bicyclic) bond motifs is 2. The molecule has 1 aliphatic carbocycles. The van der Waals surface area contributed by atoms with Crippen molar-refractivity contribution in [2.45, 2.75) is 62.8 Å². The van der Waals surface area contributed by atoms with Crippen LogP contribution in [0.25, 0.3) is 0 Å². The lowest BCUT2D eigenvalue weighted by molar-refractivity contribution is -0.124. The molecule has 1 atom stereocenters. The van der Waals surface area contributed by atoms with Gasteiger partial charge in [-0.2, -0.15) is 4.98 Å². The SMILES string of the molecule is Cc1noc([C@@H]2CCCN(C3CCC4(CC3)C(=O)N(C)c3ccccc34)C2)n1. The lowest BCUT2D eigenvalue weighted by Crippen LogP contribution is -2.48. The van der Waals surface area contributed by atoms with Crippen molar-refractivity contribution in [3.63, 3.8) is 0 Å². The molecule has 1 aromatic heterocycles. The lowest BCUT2D eigenvalue weighted by Gasteiger charge is -2.43. The number of hydrogen-bond donors (Lipinski definition) is 0. The van der Waals surface area contributed by atoms with Gasteiger partial charge in [0.2, 0.25) is 11.8 Å². The maximum absolute atomic E-state index is 13.1. The van der Waals surface area contributed by atoms with Crippen LogP contribution < -0.4 is 4.90 Å². The molecule has 1 saturated heterocycles. The first-order valence-electron chi connectivity index (χ1n) is 10.5. The van der Waals surface area contributed by atoms with Crippen molar-refractivity contribution in [1.29, 1.82) is 0 Å². The Balaban J connectivity index is 1.30. The quantitative estimate of drug-likeness (QED) is 0.799. The first-order chi connectivity index (χ1) is 13.6. The van der Waals surface area contributed by atoms with E-state index in [1.165, 1.54) is 5.56 Å². The van der Waals surface area contributed by atoms with Crippen LogP contribution in [0.4, 0.5) is 5.69 Å². The van der Waals surface area contributed by atoms with Gasteiger partial charge in [-0.25, -0.2) is 0 Å². The van der Waals surface area contributed by atoms with E-state index in [0.29, 0.717) is 17.8 Å². The van der Waals surface area contributed by atoms with Crippen molar-refractivity contribution in [2.24, 2.45) is 0 Å². The topological polar surface area (TPSA) is 62.5 Å². The number of piperidine rings is 1. The first kappa shape index (κ1) is 17.9. The van der Waals surface area contributed by atoms with Gasteiger partial charge >= 0.3 is 0 Å². The van der Waals surface area contributed by atoms with Crippen LogP contribution in [0.3, 0.4) is 0 Å². The number of aromatic nitrogens is 2. The highest BCUT2D eigenvalue weighted by molar-refractivity contribution is 6.07. The zero-order chi connectivity index (χ0) is 19.3. The number of likely N-dealkylation sites (tertiary alicyclic amines) is 1. The van der Waals surface area contributed by atoms with Gasteiger partial charge in [-0.1, -0.05) is 23.4 Å². The number of hydrogen-bond acceptors (Lipinski definition) is 5. The summed E-state index contributed by atoms with van der Waals surface area (Å²) in [6, 6.07) is 8.88. The summed E-state index contributed by atoms with van der Waals surface area (Å²) in [4.78, 5) is 22.1. The largest absolute Gasteiger partial charge is 0.339 e. The van der Waals surface area contributed by atoms with Crippen molar-refractivity contribution in [3.8, 4) is 0 Å². The van der Waals surface area contributed by atoms with Gasteiger partial charge in [-0.05, 0) is 63.6 Å². The number of benzene rings is 1. The van der Waals surface area contributed by atoms with Gasteiger partial charge in [0, 0.05) is 25.3 Å². The molecule has 0 radical (unpaired) electrons. The maximum Gasteiger partial charge on any atom is 0.237 e. The van der Waals surface area contributed by atoms with E-state index >= 15 is 0 Å². The number of para-hydroxylation sites is 1. The fraction of sp³-hybridized carbons (Fsp3) is 0.591. The second kappa shape index (κ2) is 6.69. The summed E-state index contributed by atoms with van der Waals surface area (Å²) < 4.78 is 5.44. The van der Waals surface area contributed by atoms with E-state index in [2.05, 4.69) is 33.2 Å². The van der Waals surface area contributed by atoms with Gasteiger partial charge in [0.25, 0.3) is 0 Å². The van der Waals surface area contributed by atoms with E-state index in [1.807, 2.05) is 24.9 Å². The molecule has 6 heteroatoms. The number of amides is 1. The van der Waals surface area contributed by atoms with E-state index < -0.39 is 0 Å². The number of aryl methyl sites for hydroxylation is 1. The predicted octanol–water partition coefficient (Wildman–Crippen LogP) is 3.41. The molecule has 3 heterocycles. The highest BCUT2D eigenvalue weighted by Crippen LogP contribution is 2.50. The van der Waals surface area contributed by atoms with Gasteiger partial charge in [0.05, 0.1) is 11.3 Å². The molecule has 2 fully saturated rings. The zero-order valence-corrected chi connectivity index (χ0v) is 16.7. The van der Waals surface area contributed by atoms with Gasteiger partial charge in [-0.3, -0.25) is 9.69 Å². The summed E-state index contributed by atoms with van der Waals surface area (Å²) in [6.07, 6.45) is 6.31. The number of rotatable bonds is 2. The molecule has 28 heavy (non-hydrogen) atoms. The predicted molar refractivity (Wildman–Crippen MR) is 106 cm³/mol. The van der Waals surface area contributed by atoms with Crippen molar-refractivity contribution < 1.29 is 9.32 Å². The molecule has 0 unspecified atom stereocenters. The molecule has 148 valence electrons. The minimum Gasteiger partial charge on any atom is -0.339 e. The standard InChI is InChI=1S/C22H28N4O2/c1-15-23-20(28-24-15)16-6-5-13-26(14-16)17-9-11-22(12-10-17)18-7-3-4-8-19(18)25(2)21(22)27/h3-4,7-8,16-17H,5-6,9-14H2,1-2H3/t16-,17?,22?/m1/s1. The Morgan fingerprint density at radius 2 is 1.96 bits per heavy atom. The van der Waals surface area contributed by atoms with Crippen LogP contribution in [0.15, 0.2) is 28.8 Å². The normalized spacial score (nSPS) is 30.8. The molecule has 5 rings (SSSR count). The summed E-state index contributed by atoms with van der Waals surface area (Å²) in [5.41, 5.74) is 2.02. The maximum atomic E-state index is 13.1. The van der Waals surface area contributed by atoms with Crippen molar-refractivity contribution in [1.82, 2.24) is 15.0 Å². The molecule has 1 amide bonds. The molecular formula is C22H28N4O2. The third kappa shape index (κ3) is 2.69. The Bertz CT molecular complexity index is 884. The van der Waals surface area contributed by atoms with Crippen LogP contribution in [0.1, 0.15) is 61.7 Å². The first-order valence-corrected chi connectivity index (χ1v) is 10.5. The molecule has 3 aliphatic rings. The van der Waals surface area contributed by atoms with Crippen molar-refractivity contribution in [3.05, 3.63) is 41.5 Å². The highest BCUT2D eigenvalue weighted by Gasteiger charge is 2.51. The average Bonchev–Trinajstić information content (AvgIpc) is 3.26. The molecule has 1 saturated carbocycles. The van der Waals surface area contributed by atoms with Crippen LogP contribution in [-0.2, 0) is 10.2 Å². The van der Waals surface area contributed by atoms with Crippen LogP contribution in [0, 0.1) is 6.92 Å². The third-order valence-corrected chi connectivity index (χ3v) is 7.17. The average molecular weight is 380 g/mol. The van der Waals surface area contributed by atoms with Crippen LogP contribution >= 0.6 is 0 Å². The number of likely N-dealkylation sites (N-methyl/N-ethyl adjacent to an activating group) is 1. The van der Waals surface area contributed by atoms with E-state index in [0.717, 1.165) is 63.2 Å². The summed E-state index contributed by atoms with van der Waals surface area (Å²) in [5.74, 6) is 2.13. The number of anilines is 1. The third-order valence-electron chi connectivity index (χ3n) is 7.17. The summed E-state index contributed by atoms with van der Waals surface area (Å²) in [6.45, 7) is 4.00. The second-order valence-electron chi connectivity index (χ2n) is 8.71. The van der Waals surface area contributed by atoms with Crippen LogP contribution in [-0.4, -0.2) is 47.1 Å². The highest BCUT2D eigenvalue weighted by atomic mass is 16.5. The van der Waals surface area contributed by atoms with E-state index in [9.17, 15) is 4.79 Å². The lowest BCUT2D eigenvalue weighted by atomic mass is 9.68. The Morgan fingerprint density at radius 3 is 2.71 bits per heavy atom. The van der Waals surface area contributed by atoms with Gasteiger partial charge in [0.15, 0.2) is 5.82 Å². The zero-order valence-electron chi connectivity index (χ0n) is 16.7. The Morgan fingerprint density at radius 1 is 1.18 bits per heavy atom. The molecule has 2 aliphatic heterocycles. The fourth-order valence-corrected chi connectivity index (χ4v) is 5.68. The summed E-state index contributed by atoms with van der Waals surface area (Å²) in [5, 5.41) is 3.97. The van der Waals surface area contributed by atoms with Crippen LogP contribution in [0.5, 0.6) is 0 Å². The monoisotopic (exact) mass is 380 g/mol. The van der Waals surface area contributed by atoms with E-state index in [4.69, 9.17) is 4.52 Å². The van der Waals surface area contributed by atoms with Crippen molar-refractivity contribution >= 4 is 11.6 Å². The van der Waals surface area contributed by atoms with Crippen molar-refractivity contribution in [2.75, 3.05) is 25.0 Å². The minimum atomic E-state index is -0.305. The molecule has 0 bridgehead atoms. The molecule has 6 nitrogen and oxygen atoms in total. The smallest absolute Gasteiger partial charge is 0.237 e. The number of nitrogens with zero attached hydrogens (tertiary/aromatic N) is 4. The molecule has 1 spiro atoms.